The first-order valence-electron chi connectivity index (χ1n) is 10.7. The molecule has 4 aliphatic rings. The van der Waals surface area contributed by atoms with Crippen molar-refractivity contribution in [2.24, 2.45) is 40.4 Å². The van der Waals surface area contributed by atoms with Crippen LogP contribution in [0.4, 0.5) is 0 Å². The molecule has 148 valence electrons. The maximum Gasteiger partial charge on any atom is 0.309 e. The van der Waals surface area contributed by atoms with Crippen molar-refractivity contribution in [1.82, 2.24) is 0 Å². The summed E-state index contributed by atoms with van der Waals surface area (Å²) in [6.07, 6.45) is 9.18. The summed E-state index contributed by atoms with van der Waals surface area (Å²) in [5.74, 6) is 2.23. The Morgan fingerprint density at radius 2 is 1.81 bits per heavy atom. The van der Waals surface area contributed by atoms with Crippen molar-refractivity contribution < 1.29 is 19.7 Å². The van der Waals surface area contributed by atoms with E-state index in [0.717, 1.165) is 51.4 Å². The van der Waals surface area contributed by atoms with E-state index >= 15 is 0 Å². The van der Waals surface area contributed by atoms with Crippen LogP contribution in [0.25, 0.3) is 0 Å². The Kier molecular flexibility index (Phi) is 4.47. The van der Waals surface area contributed by atoms with Gasteiger partial charge in [-0.25, -0.2) is 0 Å². The summed E-state index contributed by atoms with van der Waals surface area (Å²) in [7, 11) is 1.52. The van der Waals surface area contributed by atoms with Gasteiger partial charge in [-0.2, -0.15) is 0 Å². The maximum absolute atomic E-state index is 12.4. The van der Waals surface area contributed by atoms with E-state index in [1.54, 1.807) is 0 Å². The number of carbonyl (C=O) groups excluding carboxylic acids is 1. The van der Waals surface area contributed by atoms with E-state index in [4.69, 9.17) is 4.74 Å². The van der Waals surface area contributed by atoms with Crippen molar-refractivity contribution in [2.45, 2.75) is 77.2 Å². The van der Waals surface area contributed by atoms with Crippen LogP contribution < -0.4 is 0 Å². The normalized spacial score (nSPS) is 53.3. The summed E-state index contributed by atoms with van der Waals surface area (Å²) in [5.41, 5.74) is -0.504. The number of rotatable bonds is 2. The number of aliphatic hydroxyl groups excluding tert-OH is 1. The number of hydrogen-bond acceptors (Lipinski definition) is 4. The van der Waals surface area contributed by atoms with Crippen LogP contribution in [-0.4, -0.2) is 35.5 Å². The second-order valence-electron chi connectivity index (χ2n) is 10.4. The molecule has 26 heavy (non-hydrogen) atoms. The van der Waals surface area contributed by atoms with Crippen molar-refractivity contribution in [3.63, 3.8) is 0 Å². The molecule has 0 heterocycles. The third-order valence-corrected chi connectivity index (χ3v) is 9.43. The minimum Gasteiger partial charge on any atom is -0.469 e. The summed E-state index contributed by atoms with van der Waals surface area (Å²) in [4.78, 5) is 12.4. The molecule has 4 aliphatic carbocycles. The standard InChI is InChI=1S/C22H36O4/c1-20(25)10-11-22(13-23)14(12-20)4-5-15-16-6-7-18(19(24)26-3)21(16,2)9-8-17(15)22/h14-18,23,25H,4-13H2,1-3H3/t14-,15?,16+,17+,18-,20-,21+,22-/m1/s1. The van der Waals surface area contributed by atoms with E-state index in [1.165, 1.54) is 13.5 Å². The predicted octanol–water partition coefficient (Wildman–Crippen LogP) is 3.54. The smallest absolute Gasteiger partial charge is 0.309 e. The average Bonchev–Trinajstić information content (AvgIpc) is 2.97. The van der Waals surface area contributed by atoms with E-state index in [-0.39, 0.29) is 29.3 Å². The Morgan fingerprint density at radius 3 is 2.50 bits per heavy atom. The van der Waals surface area contributed by atoms with Gasteiger partial charge in [-0.3, -0.25) is 4.79 Å². The van der Waals surface area contributed by atoms with Gasteiger partial charge in [-0.15, -0.1) is 0 Å². The zero-order chi connectivity index (χ0) is 18.7. The van der Waals surface area contributed by atoms with Crippen LogP contribution >= 0.6 is 0 Å². The number of aliphatic hydroxyl groups is 2. The van der Waals surface area contributed by atoms with Gasteiger partial charge in [0.2, 0.25) is 0 Å². The van der Waals surface area contributed by atoms with E-state index in [9.17, 15) is 15.0 Å². The molecule has 4 rings (SSSR count). The molecule has 0 aromatic rings. The van der Waals surface area contributed by atoms with Crippen LogP contribution in [0.1, 0.15) is 71.6 Å². The summed E-state index contributed by atoms with van der Waals surface area (Å²) in [6.45, 7) is 4.56. The Balaban J connectivity index is 1.62. The molecule has 0 aromatic carbocycles. The molecule has 0 saturated heterocycles. The highest BCUT2D eigenvalue weighted by Crippen LogP contribution is 2.68. The van der Waals surface area contributed by atoms with Gasteiger partial charge in [-0.1, -0.05) is 6.92 Å². The van der Waals surface area contributed by atoms with Crippen molar-refractivity contribution in [1.29, 1.82) is 0 Å². The number of fused-ring (bicyclic) bond motifs is 5. The molecule has 4 heteroatoms. The number of esters is 1. The van der Waals surface area contributed by atoms with Crippen molar-refractivity contribution in [2.75, 3.05) is 13.7 Å². The third kappa shape index (κ3) is 2.51. The fourth-order valence-corrected chi connectivity index (χ4v) is 8.07. The molecule has 4 fully saturated rings. The second kappa shape index (κ2) is 6.20. The number of carbonyl (C=O) groups is 1. The lowest BCUT2D eigenvalue weighted by atomic mass is 9.43. The minimum absolute atomic E-state index is 0.00413. The van der Waals surface area contributed by atoms with Gasteiger partial charge in [0.05, 0.1) is 18.6 Å². The van der Waals surface area contributed by atoms with E-state index in [2.05, 4.69) is 6.92 Å². The van der Waals surface area contributed by atoms with Crippen LogP contribution in [0.2, 0.25) is 0 Å². The monoisotopic (exact) mass is 364 g/mol. The van der Waals surface area contributed by atoms with Crippen LogP contribution in [0, 0.1) is 40.4 Å². The number of methoxy groups -OCH3 is 1. The van der Waals surface area contributed by atoms with Gasteiger partial charge in [0.1, 0.15) is 0 Å². The average molecular weight is 365 g/mol. The first kappa shape index (κ1) is 18.7. The van der Waals surface area contributed by atoms with Crippen LogP contribution in [0.5, 0.6) is 0 Å². The highest BCUT2D eigenvalue weighted by molar-refractivity contribution is 5.73. The van der Waals surface area contributed by atoms with Crippen LogP contribution in [0.15, 0.2) is 0 Å². The van der Waals surface area contributed by atoms with Gasteiger partial charge in [-0.05, 0) is 99.2 Å². The Labute approximate surface area is 157 Å². The number of ether oxygens (including phenoxy) is 1. The molecule has 0 bridgehead atoms. The van der Waals surface area contributed by atoms with E-state index in [1.807, 2.05) is 6.92 Å². The fraction of sp³-hybridized carbons (Fsp3) is 0.955. The molecular formula is C22H36O4. The zero-order valence-electron chi connectivity index (χ0n) is 16.7. The number of hydrogen-bond donors (Lipinski definition) is 2. The van der Waals surface area contributed by atoms with Gasteiger partial charge < -0.3 is 14.9 Å². The van der Waals surface area contributed by atoms with E-state index in [0.29, 0.717) is 23.7 Å². The second-order valence-corrected chi connectivity index (χ2v) is 10.4. The van der Waals surface area contributed by atoms with Gasteiger partial charge in [0, 0.05) is 6.61 Å². The summed E-state index contributed by atoms with van der Waals surface area (Å²) in [5, 5.41) is 21.1. The molecule has 0 amide bonds. The molecule has 2 N–H and O–H groups in total. The Morgan fingerprint density at radius 1 is 1.04 bits per heavy atom. The molecule has 0 radical (unpaired) electrons. The zero-order valence-corrected chi connectivity index (χ0v) is 16.7. The van der Waals surface area contributed by atoms with Gasteiger partial charge in [0.15, 0.2) is 0 Å². The third-order valence-electron chi connectivity index (χ3n) is 9.43. The SMILES string of the molecule is COC(=O)[C@H]1CC[C@H]2C3CC[C@@H]4C[C@](C)(O)CC[C@]4(CO)[C@H]3CC[C@]12C. The van der Waals surface area contributed by atoms with Crippen molar-refractivity contribution in [3.8, 4) is 0 Å². The van der Waals surface area contributed by atoms with Crippen LogP contribution in [-0.2, 0) is 9.53 Å². The lowest BCUT2D eigenvalue weighted by Gasteiger charge is -2.62. The minimum atomic E-state index is -0.567. The van der Waals surface area contributed by atoms with Crippen LogP contribution in [0.3, 0.4) is 0 Å². The molecule has 0 spiro atoms. The molecule has 8 atom stereocenters. The molecular weight excluding hydrogens is 328 g/mol. The van der Waals surface area contributed by atoms with Gasteiger partial charge >= 0.3 is 5.97 Å². The van der Waals surface area contributed by atoms with E-state index < -0.39 is 5.60 Å². The Hall–Kier alpha value is -0.610. The topological polar surface area (TPSA) is 66.8 Å². The molecule has 4 nitrogen and oxygen atoms in total. The van der Waals surface area contributed by atoms with Crippen molar-refractivity contribution in [3.05, 3.63) is 0 Å². The molecule has 1 unspecified atom stereocenters. The molecule has 0 aliphatic heterocycles. The highest BCUT2D eigenvalue weighted by Gasteiger charge is 2.63. The first-order valence-corrected chi connectivity index (χ1v) is 10.7. The largest absolute Gasteiger partial charge is 0.469 e. The molecule has 0 aromatic heterocycles. The summed E-state index contributed by atoms with van der Waals surface area (Å²) < 4.78 is 5.13. The maximum atomic E-state index is 12.4. The lowest BCUT2D eigenvalue weighted by molar-refractivity contribution is -0.175. The predicted molar refractivity (Wildman–Crippen MR) is 99.3 cm³/mol. The fourth-order valence-electron chi connectivity index (χ4n) is 8.07. The first-order chi connectivity index (χ1) is 12.3. The quantitative estimate of drug-likeness (QED) is 0.736. The lowest BCUT2D eigenvalue weighted by Crippen LogP contribution is -2.58. The Bertz CT molecular complexity index is 572. The van der Waals surface area contributed by atoms with Crippen molar-refractivity contribution >= 4 is 5.97 Å². The highest BCUT2D eigenvalue weighted by atomic mass is 16.5. The summed E-state index contributed by atoms with van der Waals surface area (Å²) in [6, 6.07) is 0. The van der Waals surface area contributed by atoms with Gasteiger partial charge in [0.25, 0.3) is 0 Å². The molecule has 4 saturated carbocycles. The summed E-state index contributed by atoms with van der Waals surface area (Å²) >= 11 is 0.